The third-order valence-corrected chi connectivity index (χ3v) is 2.71. The van der Waals surface area contributed by atoms with Crippen molar-refractivity contribution in [3.8, 4) is 0 Å². The van der Waals surface area contributed by atoms with Crippen LogP contribution in [0.5, 0.6) is 0 Å². The molecule has 0 saturated heterocycles. The maximum atomic E-state index is 13.5. The summed E-state index contributed by atoms with van der Waals surface area (Å²) in [5.74, 6) is -2.32. The number of carboxylic acids is 1. The zero-order chi connectivity index (χ0) is 13.0. The first-order valence-corrected chi connectivity index (χ1v) is 5.37. The normalized spacial score (nSPS) is 12.8. The summed E-state index contributed by atoms with van der Waals surface area (Å²) in [4.78, 5) is 12.1. The van der Waals surface area contributed by atoms with E-state index < -0.39 is 23.6 Å². The third-order valence-electron chi connectivity index (χ3n) is 2.71. The molecule has 0 amide bonds. The summed E-state index contributed by atoms with van der Waals surface area (Å²) < 4.78 is 27.0. The molecule has 0 fully saturated rings. The molecule has 1 unspecified atom stereocenters. The quantitative estimate of drug-likeness (QED) is 0.863. The van der Waals surface area contributed by atoms with Gasteiger partial charge in [-0.1, -0.05) is 13.0 Å². The van der Waals surface area contributed by atoms with Gasteiger partial charge in [0.2, 0.25) is 0 Å². The van der Waals surface area contributed by atoms with Crippen LogP contribution < -0.4 is 0 Å². The Morgan fingerprint density at radius 3 is 2.35 bits per heavy atom. The van der Waals surface area contributed by atoms with Crippen molar-refractivity contribution in [3.05, 3.63) is 35.4 Å². The van der Waals surface area contributed by atoms with Crippen molar-refractivity contribution < 1.29 is 18.7 Å². The number of halogens is 2. The Labute approximate surface area is 98.7 Å². The van der Waals surface area contributed by atoms with Crippen LogP contribution in [0, 0.1) is 11.6 Å². The minimum Gasteiger partial charge on any atom is -0.480 e. The summed E-state index contributed by atoms with van der Waals surface area (Å²) in [5, 5.41) is 8.72. The Bertz CT molecular complexity index is 389. The highest BCUT2D eigenvalue weighted by Crippen LogP contribution is 2.25. The number of carboxylic acid groups (broad SMARTS) is 1. The van der Waals surface area contributed by atoms with Crippen molar-refractivity contribution in [2.45, 2.75) is 19.9 Å². The highest BCUT2D eigenvalue weighted by atomic mass is 19.1. The molecule has 3 nitrogen and oxygen atoms in total. The average Bonchev–Trinajstić information content (AvgIpc) is 2.25. The molecule has 94 valence electrons. The first-order valence-electron chi connectivity index (χ1n) is 5.37. The highest BCUT2D eigenvalue weighted by Gasteiger charge is 2.22. The molecule has 1 aromatic rings. The Kier molecular flexibility index (Phi) is 4.57. The zero-order valence-electron chi connectivity index (χ0n) is 9.78. The molecule has 0 radical (unpaired) electrons. The van der Waals surface area contributed by atoms with Gasteiger partial charge in [-0.15, -0.1) is 0 Å². The molecule has 17 heavy (non-hydrogen) atoms. The van der Waals surface area contributed by atoms with E-state index >= 15 is 0 Å². The molecule has 0 aromatic heterocycles. The fourth-order valence-corrected chi connectivity index (χ4v) is 1.79. The fraction of sp³-hybridized carbons (Fsp3) is 0.417. The summed E-state index contributed by atoms with van der Waals surface area (Å²) in [6, 6.07) is 3.01. The smallest absolute Gasteiger partial charge is 0.317 e. The van der Waals surface area contributed by atoms with Gasteiger partial charge in [0.1, 0.15) is 11.6 Å². The number of nitrogens with zero attached hydrogens (tertiary/aromatic N) is 1. The lowest BCUT2D eigenvalue weighted by atomic mass is 10.1. The summed E-state index contributed by atoms with van der Waals surface area (Å²) in [6.45, 7) is 3.50. The molecule has 0 bridgehead atoms. The van der Waals surface area contributed by atoms with E-state index in [1.54, 1.807) is 13.8 Å². The monoisotopic (exact) mass is 243 g/mol. The molecule has 1 atom stereocenters. The second kappa shape index (κ2) is 5.72. The molecule has 0 heterocycles. The van der Waals surface area contributed by atoms with Gasteiger partial charge < -0.3 is 5.11 Å². The highest BCUT2D eigenvalue weighted by molar-refractivity contribution is 5.69. The van der Waals surface area contributed by atoms with E-state index in [0.29, 0.717) is 6.54 Å². The van der Waals surface area contributed by atoms with E-state index in [9.17, 15) is 13.6 Å². The van der Waals surface area contributed by atoms with Crippen LogP contribution in [0.4, 0.5) is 8.78 Å². The van der Waals surface area contributed by atoms with Gasteiger partial charge in [-0.3, -0.25) is 9.69 Å². The Balaban J connectivity index is 3.01. The van der Waals surface area contributed by atoms with Crippen molar-refractivity contribution in [3.63, 3.8) is 0 Å². The molecule has 1 rings (SSSR count). The number of carbonyl (C=O) groups is 1. The van der Waals surface area contributed by atoms with Crippen LogP contribution in [0.2, 0.25) is 0 Å². The van der Waals surface area contributed by atoms with E-state index in [2.05, 4.69) is 0 Å². The lowest BCUT2D eigenvalue weighted by Gasteiger charge is -2.26. The van der Waals surface area contributed by atoms with Crippen molar-refractivity contribution in [1.82, 2.24) is 4.90 Å². The molecule has 0 aliphatic rings. The number of hydrogen-bond donors (Lipinski definition) is 1. The van der Waals surface area contributed by atoms with E-state index in [-0.39, 0.29) is 12.1 Å². The molecular formula is C12H15F2NO2. The second-order valence-corrected chi connectivity index (χ2v) is 3.77. The van der Waals surface area contributed by atoms with Gasteiger partial charge in [0.05, 0.1) is 6.54 Å². The number of rotatable bonds is 5. The van der Waals surface area contributed by atoms with Crippen molar-refractivity contribution in [2.24, 2.45) is 0 Å². The van der Waals surface area contributed by atoms with Crippen LogP contribution in [-0.4, -0.2) is 29.1 Å². The van der Waals surface area contributed by atoms with Crippen molar-refractivity contribution in [1.29, 1.82) is 0 Å². The first kappa shape index (κ1) is 13.6. The molecule has 0 spiro atoms. The third kappa shape index (κ3) is 3.23. The Morgan fingerprint density at radius 1 is 1.41 bits per heavy atom. The predicted octanol–water partition coefficient (Wildman–Crippen LogP) is 2.43. The number of likely N-dealkylation sites (N-methyl/N-ethyl adjacent to an activating group) is 1. The van der Waals surface area contributed by atoms with Crippen LogP contribution >= 0.6 is 0 Å². The van der Waals surface area contributed by atoms with Crippen LogP contribution in [0.1, 0.15) is 25.5 Å². The lowest BCUT2D eigenvalue weighted by molar-refractivity contribution is -0.138. The first-order chi connectivity index (χ1) is 7.97. The number of aliphatic carboxylic acids is 1. The summed E-state index contributed by atoms with van der Waals surface area (Å²) in [6.07, 6.45) is 0. The maximum absolute atomic E-state index is 13.5. The summed E-state index contributed by atoms with van der Waals surface area (Å²) in [7, 11) is 0. The van der Waals surface area contributed by atoms with Gasteiger partial charge in [-0.2, -0.15) is 0 Å². The van der Waals surface area contributed by atoms with E-state index in [0.717, 1.165) is 0 Å². The molecule has 1 N–H and O–H groups in total. The molecule has 1 aromatic carbocycles. The number of benzene rings is 1. The van der Waals surface area contributed by atoms with E-state index in [1.807, 2.05) is 0 Å². The Hall–Kier alpha value is -1.49. The molecule has 5 heteroatoms. The molecular weight excluding hydrogens is 228 g/mol. The predicted molar refractivity (Wildman–Crippen MR) is 59.7 cm³/mol. The van der Waals surface area contributed by atoms with Gasteiger partial charge in [-0.25, -0.2) is 8.78 Å². The minimum atomic E-state index is -1.02. The second-order valence-electron chi connectivity index (χ2n) is 3.77. The number of hydrogen-bond acceptors (Lipinski definition) is 2. The van der Waals surface area contributed by atoms with Gasteiger partial charge in [0.15, 0.2) is 0 Å². The van der Waals surface area contributed by atoms with Crippen LogP contribution in [-0.2, 0) is 4.79 Å². The lowest BCUT2D eigenvalue weighted by Crippen LogP contribution is -2.33. The summed E-state index contributed by atoms with van der Waals surface area (Å²) >= 11 is 0. The van der Waals surface area contributed by atoms with E-state index in [4.69, 9.17) is 5.11 Å². The van der Waals surface area contributed by atoms with Gasteiger partial charge in [-0.05, 0) is 25.6 Å². The standard InChI is InChI=1S/C12H15F2NO2/c1-3-15(7-11(16)17)8(2)12-9(13)5-4-6-10(12)14/h4-6,8H,3,7H2,1-2H3,(H,16,17). The van der Waals surface area contributed by atoms with E-state index in [1.165, 1.54) is 23.1 Å². The van der Waals surface area contributed by atoms with Gasteiger partial charge in [0, 0.05) is 11.6 Å². The zero-order valence-corrected chi connectivity index (χ0v) is 9.78. The van der Waals surface area contributed by atoms with Crippen LogP contribution in [0.25, 0.3) is 0 Å². The average molecular weight is 243 g/mol. The summed E-state index contributed by atoms with van der Waals surface area (Å²) in [5.41, 5.74) is -0.0874. The largest absolute Gasteiger partial charge is 0.480 e. The van der Waals surface area contributed by atoms with Crippen molar-refractivity contribution in [2.75, 3.05) is 13.1 Å². The minimum absolute atomic E-state index is 0.0874. The van der Waals surface area contributed by atoms with Crippen LogP contribution in [0.3, 0.4) is 0 Å². The molecule has 0 saturated carbocycles. The van der Waals surface area contributed by atoms with Crippen molar-refractivity contribution >= 4 is 5.97 Å². The Morgan fingerprint density at radius 2 is 1.94 bits per heavy atom. The fourth-order valence-electron chi connectivity index (χ4n) is 1.79. The topological polar surface area (TPSA) is 40.5 Å². The van der Waals surface area contributed by atoms with Crippen LogP contribution in [0.15, 0.2) is 18.2 Å². The van der Waals surface area contributed by atoms with Gasteiger partial charge in [0.25, 0.3) is 0 Å². The molecule has 0 aliphatic carbocycles. The molecule has 0 aliphatic heterocycles. The van der Waals surface area contributed by atoms with Gasteiger partial charge >= 0.3 is 5.97 Å². The SMILES string of the molecule is CCN(CC(=O)O)C(C)c1c(F)cccc1F. The maximum Gasteiger partial charge on any atom is 0.317 e.